The van der Waals surface area contributed by atoms with E-state index in [1.165, 1.54) is 75.8 Å². The summed E-state index contributed by atoms with van der Waals surface area (Å²) in [6, 6.07) is 81.0. The van der Waals surface area contributed by atoms with Gasteiger partial charge in [-0.2, -0.15) is 0 Å². The quantitative estimate of drug-likeness (QED) is 0.173. The highest BCUT2D eigenvalue weighted by Gasteiger charge is 2.52. The summed E-state index contributed by atoms with van der Waals surface area (Å²) < 4.78 is 9.13. The van der Waals surface area contributed by atoms with Crippen molar-refractivity contribution in [2.24, 2.45) is 0 Å². The number of rotatable bonds is 5. The van der Waals surface area contributed by atoms with E-state index in [-0.39, 0.29) is 0 Å². The van der Waals surface area contributed by atoms with Gasteiger partial charge in [-0.3, -0.25) is 0 Å². The number of nitrogens with zero attached hydrogens (tertiary/aromatic N) is 3. The number of benzene rings is 10. The standard InChI is InChI=1S/C64H37N3OS/c1-2-15-38(16-3-1)61-65-62(42-32-34-58-50(37-42)47-22-7-11-30-57(47)69-58)67-63(66-61)49-25-14-29-56-59(49)51-36-40(31-33-55(51)68-56)39-17-12-18-41(35-39)43-23-13-24-48-46-21-6-10-28-54(46)64(60(43)48)52-26-8-4-19-44(52)45-20-5-9-27-53(45)64/h1-37H. The predicted molar refractivity (Wildman–Crippen MR) is 283 cm³/mol. The molecule has 0 saturated carbocycles. The highest BCUT2D eigenvalue weighted by Crippen LogP contribution is 2.64. The van der Waals surface area contributed by atoms with Crippen LogP contribution in [0.5, 0.6) is 0 Å². The van der Waals surface area contributed by atoms with Gasteiger partial charge in [0.2, 0.25) is 0 Å². The third-order valence-electron chi connectivity index (χ3n) is 14.6. The summed E-state index contributed by atoms with van der Waals surface area (Å²) in [6.07, 6.45) is 0. The first-order valence-corrected chi connectivity index (χ1v) is 24.2. The van der Waals surface area contributed by atoms with Crippen LogP contribution in [0.15, 0.2) is 229 Å². The van der Waals surface area contributed by atoms with Crippen molar-refractivity contribution in [3.8, 4) is 78.7 Å². The normalized spacial score (nSPS) is 13.0. The van der Waals surface area contributed by atoms with Crippen LogP contribution in [0.4, 0.5) is 0 Å². The number of hydrogen-bond acceptors (Lipinski definition) is 5. The third kappa shape index (κ3) is 5.53. The third-order valence-corrected chi connectivity index (χ3v) is 15.7. The van der Waals surface area contributed by atoms with E-state index >= 15 is 0 Å². The lowest BCUT2D eigenvalue weighted by Gasteiger charge is -2.32. The Kier molecular flexibility index (Phi) is 8.12. The molecule has 0 amide bonds. The monoisotopic (exact) mass is 895 g/mol. The molecule has 3 heterocycles. The van der Waals surface area contributed by atoms with Gasteiger partial charge in [0.1, 0.15) is 11.2 Å². The van der Waals surface area contributed by atoms with Crippen LogP contribution in [0.3, 0.4) is 0 Å². The van der Waals surface area contributed by atoms with Crippen LogP contribution < -0.4 is 0 Å². The molecule has 0 atom stereocenters. The number of aromatic nitrogens is 3. The Labute approximate surface area is 401 Å². The fourth-order valence-electron chi connectivity index (χ4n) is 11.7. The molecule has 3 aromatic heterocycles. The number of fused-ring (bicyclic) bond motifs is 16. The summed E-state index contributed by atoms with van der Waals surface area (Å²) in [5.41, 5.74) is 19.1. The van der Waals surface area contributed by atoms with Crippen molar-refractivity contribution in [1.82, 2.24) is 15.0 Å². The molecule has 13 aromatic rings. The average molecular weight is 896 g/mol. The highest BCUT2D eigenvalue weighted by molar-refractivity contribution is 7.25. The van der Waals surface area contributed by atoms with Gasteiger partial charge in [0, 0.05) is 47.6 Å². The zero-order chi connectivity index (χ0) is 45.2. The van der Waals surface area contributed by atoms with Crippen LogP contribution >= 0.6 is 11.3 Å². The van der Waals surface area contributed by atoms with E-state index in [1.54, 1.807) is 11.3 Å². The minimum atomic E-state index is -0.447. The summed E-state index contributed by atoms with van der Waals surface area (Å²) in [5.74, 6) is 1.84. The summed E-state index contributed by atoms with van der Waals surface area (Å²) in [7, 11) is 0. The van der Waals surface area contributed by atoms with Crippen molar-refractivity contribution in [2.75, 3.05) is 0 Å². The Morgan fingerprint density at radius 2 is 0.855 bits per heavy atom. The molecule has 2 aliphatic rings. The Morgan fingerprint density at radius 3 is 1.65 bits per heavy atom. The van der Waals surface area contributed by atoms with E-state index in [4.69, 9.17) is 19.4 Å². The molecule has 0 unspecified atom stereocenters. The summed E-state index contributed by atoms with van der Waals surface area (Å²) in [5, 5.41) is 4.42. The van der Waals surface area contributed by atoms with E-state index in [2.05, 4.69) is 194 Å². The first kappa shape index (κ1) is 38.3. The molecule has 69 heavy (non-hydrogen) atoms. The molecule has 320 valence electrons. The van der Waals surface area contributed by atoms with Crippen molar-refractivity contribution in [3.05, 3.63) is 247 Å². The first-order chi connectivity index (χ1) is 34.2. The smallest absolute Gasteiger partial charge is 0.164 e. The molecule has 0 fully saturated rings. The second-order valence-electron chi connectivity index (χ2n) is 18.2. The lowest BCUT2D eigenvalue weighted by Crippen LogP contribution is -2.26. The minimum absolute atomic E-state index is 0.447. The Bertz CT molecular complexity index is 4210. The Morgan fingerprint density at radius 1 is 0.319 bits per heavy atom. The van der Waals surface area contributed by atoms with Gasteiger partial charge < -0.3 is 4.42 Å². The van der Waals surface area contributed by atoms with Gasteiger partial charge in [-0.1, -0.05) is 176 Å². The summed E-state index contributed by atoms with van der Waals surface area (Å²) in [6.45, 7) is 0. The summed E-state index contributed by atoms with van der Waals surface area (Å²) >= 11 is 1.81. The number of hydrogen-bond donors (Lipinski definition) is 0. The Hall–Kier alpha value is -8.77. The zero-order valence-corrected chi connectivity index (χ0v) is 37.8. The molecule has 2 aliphatic carbocycles. The lowest BCUT2D eigenvalue weighted by atomic mass is 9.68. The maximum absolute atomic E-state index is 6.63. The topological polar surface area (TPSA) is 51.8 Å². The van der Waals surface area contributed by atoms with Crippen LogP contribution in [0.2, 0.25) is 0 Å². The molecule has 0 aliphatic heterocycles. The van der Waals surface area contributed by atoms with Crippen molar-refractivity contribution in [3.63, 3.8) is 0 Å². The largest absolute Gasteiger partial charge is 0.456 e. The molecule has 15 rings (SSSR count). The number of thiophene rings is 1. The first-order valence-electron chi connectivity index (χ1n) is 23.4. The summed E-state index contributed by atoms with van der Waals surface area (Å²) in [4.78, 5) is 15.6. The predicted octanol–water partition coefficient (Wildman–Crippen LogP) is 16.8. The fourth-order valence-corrected chi connectivity index (χ4v) is 12.7. The van der Waals surface area contributed by atoms with Gasteiger partial charge in [-0.05, 0) is 115 Å². The Balaban J connectivity index is 0.892. The number of furan rings is 1. The van der Waals surface area contributed by atoms with E-state index < -0.39 is 5.41 Å². The molecule has 0 radical (unpaired) electrons. The van der Waals surface area contributed by atoms with Gasteiger partial charge in [-0.15, -0.1) is 11.3 Å². The van der Waals surface area contributed by atoms with Crippen LogP contribution in [-0.4, -0.2) is 15.0 Å². The molecular formula is C64H37N3OS. The van der Waals surface area contributed by atoms with Crippen LogP contribution in [-0.2, 0) is 5.41 Å². The van der Waals surface area contributed by atoms with E-state index in [0.717, 1.165) is 49.8 Å². The molecule has 1 spiro atoms. The van der Waals surface area contributed by atoms with Crippen molar-refractivity contribution < 1.29 is 4.42 Å². The van der Waals surface area contributed by atoms with E-state index in [9.17, 15) is 0 Å². The molecule has 0 N–H and O–H groups in total. The molecule has 10 aromatic carbocycles. The van der Waals surface area contributed by atoms with Gasteiger partial charge in [0.15, 0.2) is 17.5 Å². The van der Waals surface area contributed by atoms with Crippen LogP contribution in [0, 0.1) is 0 Å². The average Bonchev–Trinajstić information content (AvgIpc) is 4.16. The van der Waals surface area contributed by atoms with Gasteiger partial charge >= 0.3 is 0 Å². The van der Waals surface area contributed by atoms with E-state index in [1.807, 2.05) is 30.3 Å². The van der Waals surface area contributed by atoms with Crippen LogP contribution in [0.1, 0.15) is 22.3 Å². The van der Waals surface area contributed by atoms with Crippen molar-refractivity contribution >= 4 is 53.4 Å². The molecule has 0 saturated heterocycles. The molecule has 0 bridgehead atoms. The maximum atomic E-state index is 6.63. The molecular weight excluding hydrogens is 859 g/mol. The molecule has 4 nitrogen and oxygen atoms in total. The SMILES string of the molecule is c1ccc(-c2nc(-c3ccc4sc5ccccc5c4c3)nc(-c3cccc4oc5ccc(-c6cccc(-c7cccc8c7C7(c9ccccc9-c9ccccc97)c7ccccc7-8)c6)cc5c34)n2)cc1. The van der Waals surface area contributed by atoms with Crippen molar-refractivity contribution in [1.29, 1.82) is 0 Å². The van der Waals surface area contributed by atoms with Gasteiger partial charge in [-0.25, -0.2) is 15.0 Å². The maximum Gasteiger partial charge on any atom is 0.164 e. The second kappa shape index (κ2) is 14.6. The second-order valence-corrected chi connectivity index (χ2v) is 19.3. The van der Waals surface area contributed by atoms with Crippen LogP contribution in [0.25, 0.3) is 121 Å². The van der Waals surface area contributed by atoms with E-state index in [0.29, 0.717) is 17.5 Å². The van der Waals surface area contributed by atoms with Crippen molar-refractivity contribution in [2.45, 2.75) is 5.41 Å². The zero-order valence-electron chi connectivity index (χ0n) is 37.0. The fraction of sp³-hybridized carbons (Fsp3) is 0.0156. The highest BCUT2D eigenvalue weighted by atomic mass is 32.1. The lowest BCUT2D eigenvalue weighted by molar-refractivity contribution is 0.669. The molecule has 5 heteroatoms. The van der Waals surface area contributed by atoms with Gasteiger partial charge in [0.25, 0.3) is 0 Å². The minimum Gasteiger partial charge on any atom is -0.456 e. The van der Waals surface area contributed by atoms with Gasteiger partial charge in [0.05, 0.1) is 5.41 Å².